The van der Waals surface area contributed by atoms with Crippen molar-refractivity contribution in [3.05, 3.63) is 28.8 Å². The minimum atomic E-state index is 0.505. The van der Waals surface area contributed by atoms with E-state index in [9.17, 15) is 0 Å². The van der Waals surface area contributed by atoms with Crippen LogP contribution >= 0.6 is 24.2 Å². The smallest absolute Gasteiger partial charge is 0.138 e. The second kappa shape index (κ2) is 7.08. The molecule has 0 aliphatic heterocycles. The molecule has 1 rings (SSSR count). The molecule has 0 radical (unpaired) electrons. The van der Waals surface area contributed by atoms with E-state index < -0.39 is 0 Å². The van der Waals surface area contributed by atoms with Crippen LogP contribution in [0.4, 0.5) is 0 Å². The zero-order chi connectivity index (χ0) is 12.0. The van der Waals surface area contributed by atoms with Crippen molar-refractivity contribution in [1.82, 2.24) is 0 Å². The van der Waals surface area contributed by atoms with Gasteiger partial charge in [0.05, 0.1) is 11.6 Å². The lowest BCUT2D eigenvalue weighted by Crippen LogP contribution is -2.13. The van der Waals surface area contributed by atoms with Gasteiger partial charge in [-0.3, -0.25) is 0 Å². The summed E-state index contributed by atoms with van der Waals surface area (Å²) in [6.45, 7) is 4.90. The second-order valence-corrected chi connectivity index (χ2v) is 4.85. The van der Waals surface area contributed by atoms with E-state index in [-0.39, 0.29) is 0 Å². The molecule has 0 spiro atoms. The molecule has 1 atom stereocenters. The van der Waals surface area contributed by atoms with Crippen LogP contribution in [0.2, 0.25) is 5.02 Å². The molecule has 0 amide bonds. The fourth-order valence-electron chi connectivity index (χ4n) is 1.56. The Balaban J connectivity index is 2.55. The number of hydrogen-bond acceptors (Lipinski definition) is 2. The third kappa shape index (κ3) is 4.26. The summed E-state index contributed by atoms with van der Waals surface area (Å²) in [5, 5.41) is 0.681. The first-order valence-corrected chi connectivity index (χ1v) is 6.68. The van der Waals surface area contributed by atoms with Crippen molar-refractivity contribution in [2.75, 3.05) is 12.4 Å². The predicted octanol–water partition coefficient (Wildman–Crippen LogP) is 4.37. The Morgan fingerprint density at radius 3 is 2.81 bits per heavy atom. The van der Waals surface area contributed by atoms with Crippen LogP contribution in [0, 0.1) is 12.8 Å². The first kappa shape index (κ1) is 13.7. The standard InChI is InChI=1S/C13H19ClOS/c1-3-4-11(9-16)8-15-13-7-10(2)5-6-12(13)14/h5-7,11,16H,3-4,8-9H2,1-2H3. The lowest BCUT2D eigenvalue weighted by Gasteiger charge is -2.15. The fraction of sp³-hybridized carbons (Fsp3) is 0.538. The molecule has 0 saturated heterocycles. The number of benzene rings is 1. The van der Waals surface area contributed by atoms with Crippen molar-refractivity contribution in [3.8, 4) is 5.75 Å². The molecule has 1 unspecified atom stereocenters. The molecule has 0 bridgehead atoms. The molecule has 0 aliphatic carbocycles. The van der Waals surface area contributed by atoms with Crippen LogP contribution in [0.1, 0.15) is 25.3 Å². The average Bonchev–Trinajstić information content (AvgIpc) is 2.28. The number of thiol groups is 1. The minimum absolute atomic E-state index is 0.505. The minimum Gasteiger partial charge on any atom is -0.492 e. The average molecular weight is 259 g/mol. The predicted molar refractivity (Wildman–Crippen MR) is 73.9 cm³/mol. The van der Waals surface area contributed by atoms with Gasteiger partial charge in [0.1, 0.15) is 5.75 Å². The van der Waals surface area contributed by atoms with Gasteiger partial charge in [-0.1, -0.05) is 31.0 Å². The van der Waals surface area contributed by atoms with Crippen LogP contribution in [0.25, 0.3) is 0 Å². The molecule has 1 aromatic rings. The van der Waals surface area contributed by atoms with E-state index in [1.54, 1.807) is 0 Å². The van der Waals surface area contributed by atoms with Crippen molar-refractivity contribution in [2.24, 2.45) is 5.92 Å². The molecule has 0 heterocycles. The number of hydrogen-bond donors (Lipinski definition) is 1. The summed E-state index contributed by atoms with van der Waals surface area (Å²) < 4.78 is 5.74. The van der Waals surface area contributed by atoms with Gasteiger partial charge in [-0.15, -0.1) is 0 Å². The number of halogens is 1. The van der Waals surface area contributed by atoms with Crippen LogP contribution in [0.5, 0.6) is 5.75 Å². The van der Waals surface area contributed by atoms with Gasteiger partial charge in [0.2, 0.25) is 0 Å². The molecular formula is C13H19ClOS. The van der Waals surface area contributed by atoms with Crippen molar-refractivity contribution < 1.29 is 4.74 Å². The van der Waals surface area contributed by atoms with Crippen molar-refractivity contribution in [2.45, 2.75) is 26.7 Å². The maximum absolute atomic E-state index is 6.06. The Morgan fingerprint density at radius 2 is 2.19 bits per heavy atom. The van der Waals surface area contributed by atoms with E-state index in [2.05, 4.69) is 19.6 Å². The Morgan fingerprint density at radius 1 is 1.44 bits per heavy atom. The van der Waals surface area contributed by atoms with Gasteiger partial charge in [0, 0.05) is 5.92 Å². The lowest BCUT2D eigenvalue weighted by molar-refractivity contribution is 0.254. The monoisotopic (exact) mass is 258 g/mol. The van der Waals surface area contributed by atoms with E-state index in [1.807, 2.05) is 25.1 Å². The summed E-state index contributed by atoms with van der Waals surface area (Å²) in [4.78, 5) is 0. The van der Waals surface area contributed by atoms with Gasteiger partial charge >= 0.3 is 0 Å². The SMILES string of the molecule is CCCC(CS)COc1cc(C)ccc1Cl. The summed E-state index contributed by atoms with van der Waals surface area (Å²) in [7, 11) is 0. The summed E-state index contributed by atoms with van der Waals surface area (Å²) in [6, 6.07) is 5.84. The van der Waals surface area contributed by atoms with E-state index in [0.29, 0.717) is 17.5 Å². The molecule has 3 heteroatoms. The largest absolute Gasteiger partial charge is 0.492 e. The number of ether oxygens (including phenoxy) is 1. The highest BCUT2D eigenvalue weighted by Gasteiger charge is 2.08. The molecule has 0 saturated carbocycles. The van der Waals surface area contributed by atoms with Gasteiger partial charge < -0.3 is 4.74 Å². The molecule has 0 aromatic heterocycles. The van der Waals surface area contributed by atoms with Crippen molar-refractivity contribution in [3.63, 3.8) is 0 Å². The summed E-state index contributed by atoms with van der Waals surface area (Å²) >= 11 is 10.4. The van der Waals surface area contributed by atoms with Crippen LogP contribution in [-0.4, -0.2) is 12.4 Å². The number of rotatable bonds is 6. The maximum atomic E-state index is 6.06. The molecule has 1 aromatic carbocycles. The highest BCUT2D eigenvalue weighted by molar-refractivity contribution is 7.80. The molecule has 1 nitrogen and oxygen atoms in total. The molecular weight excluding hydrogens is 240 g/mol. The van der Waals surface area contributed by atoms with Crippen LogP contribution in [0.3, 0.4) is 0 Å². The maximum Gasteiger partial charge on any atom is 0.138 e. The Bertz CT molecular complexity index is 328. The molecule has 0 fully saturated rings. The molecule has 0 N–H and O–H groups in total. The summed E-state index contributed by atoms with van der Waals surface area (Å²) in [5.41, 5.74) is 1.16. The van der Waals surface area contributed by atoms with E-state index in [4.69, 9.17) is 16.3 Å². The Kier molecular flexibility index (Phi) is 6.07. The summed E-state index contributed by atoms with van der Waals surface area (Å²) in [6.07, 6.45) is 2.31. The quantitative estimate of drug-likeness (QED) is 0.746. The molecule has 16 heavy (non-hydrogen) atoms. The van der Waals surface area contributed by atoms with Gasteiger partial charge in [0.25, 0.3) is 0 Å². The van der Waals surface area contributed by atoms with Crippen molar-refractivity contribution >= 4 is 24.2 Å². The summed E-state index contributed by atoms with van der Waals surface area (Å²) in [5.74, 6) is 2.14. The lowest BCUT2D eigenvalue weighted by atomic mass is 10.1. The molecule has 0 aliphatic rings. The van der Waals surface area contributed by atoms with Crippen LogP contribution in [0.15, 0.2) is 18.2 Å². The van der Waals surface area contributed by atoms with Gasteiger partial charge in [-0.2, -0.15) is 12.6 Å². The first-order valence-electron chi connectivity index (χ1n) is 5.67. The first-order chi connectivity index (χ1) is 7.67. The van der Waals surface area contributed by atoms with Gasteiger partial charge in [-0.05, 0) is 36.8 Å². The highest BCUT2D eigenvalue weighted by atomic mass is 35.5. The van der Waals surface area contributed by atoms with Gasteiger partial charge in [-0.25, -0.2) is 0 Å². The third-order valence-corrected chi connectivity index (χ3v) is 3.35. The van der Waals surface area contributed by atoms with Crippen molar-refractivity contribution in [1.29, 1.82) is 0 Å². The zero-order valence-corrected chi connectivity index (χ0v) is 11.5. The highest BCUT2D eigenvalue weighted by Crippen LogP contribution is 2.26. The zero-order valence-electron chi connectivity index (χ0n) is 9.87. The fourth-order valence-corrected chi connectivity index (χ4v) is 2.02. The van der Waals surface area contributed by atoms with Crippen LogP contribution in [-0.2, 0) is 0 Å². The topological polar surface area (TPSA) is 9.23 Å². The van der Waals surface area contributed by atoms with Crippen LogP contribution < -0.4 is 4.74 Å². The Hall–Kier alpha value is -0.340. The van der Waals surface area contributed by atoms with E-state index >= 15 is 0 Å². The van der Waals surface area contributed by atoms with Gasteiger partial charge in [0.15, 0.2) is 0 Å². The van der Waals surface area contributed by atoms with E-state index in [0.717, 1.165) is 29.9 Å². The Labute approximate surface area is 109 Å². The van der Waals surface area contributed by atoms with E-state index in [1.165, 1.54) is 0 Å². The molecule has 90 valence electrons. The number of aryl methyl sites for hydroxylation is 1. The normalized spacial score (nSPS) is 12.5. The third-order valence-electron chi connectivity index (χ3n) is 2.52. The second-order valence-electron chi connectivity index (χ2n) is 4.08.